The van der Waals surface area contributed by atoms with Crippen LogP contribution in [-0.4, -0.2) is 23.3 Å². The SMILES string of the molecule is C=C(C)[C@@H]1CC[C@@H](C)[C@]2(O)[C][C@@H](OC=O)C(C)=C[C@@H]12. The summed E-state index contributed by atoms with van der Waals surface area (Å²) in [6.45, 7) is 10.4. The van der Waals surface area contributed by atoms with Gasteiger partial charge in [-0.25, -0.2) is 0 Å². The van der Waals surface area contributed by atoms with Crippen LogP contribution in [0.4, 0.5) is 0 Å². The molecule has 0 amide bonds. The highest BCUT2D eigenvalue weighted by atomic mass is 16.5. The predicted octanol–water partition coefficient (Wildman–Crippen LogP) is 2.54. The lowest BCUT2D eigenvalue weighted by Gasteiger charge is -2.51. The van der Waals surface area contributed by atoms with Crippen LogP contribution in [0.2, 0.25) is 0 Å². The zero-order chi connectivity index (χ0) is 14.2. The van der Waals surface area contributed by atoms with E-state index in [4.69, 9.17) is 4.74 Å². The maximum atomic E-state index is 11.0. The maximum Gasteiger partial charge on any atom is 0.293 e. The second-order valence-electron chi connectivity index (χ2n) is 5.95. The number of carbonyl (C=O) groups excluding carboxylic acids is 1. The first-order valence-electron chi connectivity index (χ1n) is 6.83. The van der Waals surface area contributed by atoms with Gasteiger partial charge in [0.15, 0.2) is 0 Å². The first-order valence-corrected chi connectivity index (χ1v) is 6.83. The summed E-state index contributed by atoms with van der Waals surface area (Å²) in [7, 11) is 0. The van der Waals surface area contributed by atoms with Crippen molar-refractivity contribution >= 4 is 6.47 Å². The van der Waals surface area contributed by atoms with Gasteiger partial charge in [-0.1, -0.05) is 25.2 Å². The lowest BCUT2D eigenvalue weighted by Crippen LogP contribution is -2.55. The van der Waals surface area contributed by atoms with Crippen molar-refractivity contribution in [2.75, 3.05) is 0 Å². The van der Waals surface area contributed by atoms with E-state index in [1.807, 2.05) is 26.8 Å². The molecule has 2 radical (unpaired) electrons. The molecule has 0 aliphatic heterocycles. The second-order valence-corrected chi connectivity index (χ2v) is 5.95. The molecule has 19 heavy (non-hydrogen) atoms. The van der Waals surface area contributed by atoms with Gasteiger partial charge in [0.25, 0.3) is 6.47 Å². The van der Waals surface area contributed by atoms with Gasteiger partial charge >= 0.3 is 0 Å². The minimum absolute atomic E-state index is 0.0137. The Bertz CT molecular complexity index is 412. The van der Waals surface area contributed by atoms with Crippen molar-refractivity contribution in [2.45, 2.75) is 45.3 Å². The van der Waals surface area contributed by atoms with E-state index >= 15 is 0 Å². The molecular formula is C16H22O3. The normalized spacial score (nSPS) is 42.0. The number of hydrogen-bond acceptors (Lipinski definition) is 3. The largest absolute Gasteiger partial charge is 0.459 e. The lowest BCUT2D eigenvalue weighted by molar-refractivity contribution is -0.135. The number of allylic oxidation sites excluding steroid dienone is 1. The van der Waals surface area contributed by atoms with Gasteiger partial charge in [0.05, 0.1) is 12.0 Å². The topological polar surface area (TPSA) is 46.5 Å². The quantitative estimate of drug-likeness (QED) is 0.628. The van der Waals surface area contributed by atoms with Crippen molar-refractivity contribution < 1.29 is 14.6 Å². The average molecular weight is 262 g/mol. The number of ether oxygens (including phenoxy) is 1. The minimum Gasteiger partial charge on any atom is -0.459 e. The first kappa shape index (κ1) is 14.3. The number of fused-ring (bicyclic) bond motifs is 1. The Labute approximate surface area is 115 Å². The van der Waals surface area contributed by atoms with Crippen molar-refractivity contribution in [3.05, 3.63) is 30.2 Å². The molecular weight excluding hydrogens is 240 g/mol. The van der Waals surface area contributed by atoms with Crippen LogP contribution in [0.3, 0.4) is 0 Å². The lowest BCUT2D eigenvalue weighted by atomic mass is 9.58. The smallest absolute Gasteiger partial charge is 0.293 e. The summed E-state index contributed by atoms with van der Waals surface area (Å²) >= 11 is 0. The molecule has 2 aliphatic carbocycles. The van der Waals surface area contributed by atoms with E-state index in [2.05, 4.69) is 13.0 Å². The molecule has 0 aromatic carbocycles. The highest BCUT2D eigenvalue weighted by Crippen LogP contribution is 2.50. The Hall–Kier alpha value is -1.09. The van der Waals surface area contributed by atoms with Gasteiger partial charge in [0.2, 0.25) is 0 Å². The van der Waals surface area contributed by atoms with E-state index in [0.717, 1.165) is 24.0 Å². The molecule has 2 rings (SSSR count). The second kappa shape index (κ2) is 5.12. The molecule has 5 atom stereocenters. The van der Waals surface area contributed by atoms with Crippen LogP contribution in [0, 0.1) is 24.2 Å². The Balaban J connectivity index is 2.37. The van der Waals surface area contributed by atoms with Gasteiger partial charge in [-0.3, -0.25) is 4.79 Å². The summed E-state index contributed by atoms with van der Waals surface area (Å²) in [6.07, 6.45) is 6.58. The fourth-order valence-corrected chi connectivity index (χ4v) is 3.39. The van der Waals surface area contributed by atoms with E-state index in [9.17, 15) is 9.90 Å². The third-order valence-corrected chi connectivity index (χ3v) is 4.65. The highest BCUT2D eigenvalue weighted by Gasteiger charge is 2.52. The van der Waals surface area contributed by atoms with E-state index in [1.54, 1.807) is 0 Å². The molecule has 3 heteroatoms. The third kappa shape index (κ3) is 2.36. The van der Waals surface area contributed by atoms with Crippen LogP contribution in [0.5, 0.6) is 0 Å². The van der Waals surface area contributed by atoms with E-state index in [1.165, 1.54) is 0 Å². The third-order valence-electron chi connectivity index (χ3n) is 4.65. The molecule has 1 saturated carbocycles. The van der Waals surface area contributed by atoms with Crippen molar-refractivity contribution in [1.29, 1.82) is 0 Å². The van der Waals surface area contributed by atoms with E-state index in [-0.39, 0.29) is 17.8 Å². The zero-order valence-corrected chi connectivity index (χ0v) is 11.8. The molecule has 0 spiro atoms. The van der Waals surface area contributed by atoms with Crippen molar-refractivity contribution in [2.24, 2.45) is 17.8 Å². The summed E-state index contributed by atoms with van der Waals surface area (Å²) in [6, 6.07) is 0. The molecule has 0 aromatic rings. The molecule has 1 fully saturated rings. The van der Waals surface area contributed by atoms with Crippen LogP contribution >= 0.6 is 0 Å². The van der Waals surface area contributed by atoms with Crippen LogP contribution in [0.15, 0.2) is 23.8 Å². The highest BCUT2D eigenvalue weighted by molar-refractivity contribution is 5.41. The molecule has 104 valence electrons. The summed E-state index contributed by atoms with van der Waals surface area (Å²) in [4.78, 5) is 10.6. The number of hydrogen-bond donors (Lipinski definition) is 1. The van der Waals surface area contributed by atoms with Gasteiger partial charge < -0.3 is 9.84 Å². The Morgan fingerprint density at radius 1 is 1.63 bits per heavy atom. The zero-order valence-electron chi connectivity index (χ0n) is 11.8. The average Bonchev–Trinajstić information content (AvgIpc) is 2.33. The van der Waals surface area contributed by atoms with Gasteiger partial charge in [-0.05, 0) is 44.1 Å². The molecule has 0 heterocycles. The summed E-state index contributed by atoms with van der Waals surface area (Å²) < 4.78 is 5.01. The van der Waals surface area contributed by atoms with Crippen molar-refractivity contribution in [1.82, 2.24) is 0 Å². The fraction of sp³-hybridized carbons (Fsp3) is 0.625. The van der Waals surface area contributed by atoms with Crippen LogP contribution in [0.25, 0.3) is 0 Å². The molecule has 0 bridgehead atoms. The molecule has 0 aromatic heterocycles. The van der Waals surface area contributed by atoms with E-state index < -0.39 is 11.7 Å². The number of aliphatic hydroxyl groups is 1. The minimum atomic E-state index is -1.03. The van der Waals surface area contributed by atoms with Crippen molar-refractivity contribution in [3.63, 3.8) is 0 Å². The molecule has 3 nitrogen and oxygen atoms in total. The molecule has 0 saturated heterocycles. The van der Waals surface area contributed by atoms with Crippen molar-refractivity contribution in [3.8, 4) is 0 Å². The van der Waals surface area contributed by atoms with Gasteiger partial charge in [-0.15, -0.1) is 0 Å². The number of carbonyl (C=O) groups is 1. The van der Waals surface area contributed by atoms with E-state index in [0.29, 0.717) is 6.47 Å². The van der Waals surface area contributed by atoms with Crippen LogP contribution in [-0.2, 0) is 9.53 Å². The Morgan fingerprint density at radius 3 is 2.89 bits per heavy atom. The number of rotatable bonds is 3. The van der Waals surface area contributed by atoms with Gasteiger partial charge in [-0.2, -0.15) is 0 Å². The van der Waals surface area contributed by atoms with Crippen LogP contribution in [0.1, 0.15) is 33.6 Å². The fourth-order valence-electron chi connectivity index (χ4n) is 3.39. The Kier molecular flexibility index (Phi) is 3.86. The molecule has 2 aliphatic rings. The summed E-state index contributed by atoms with van der Waals surface area (Å²) in [5.41, 5.74) is 0.993. The Morgan fingerprint density at radius 2 is 2.32 bits per heavy atom. The summed E-state index contributed by atoms with van der Waals surface area (Å²) in [5, 5.41) is 11.0. The van der Waals surface area contributed by atoms with Gasteiger partial charge in [0.1, 0.15) is 6.10 Å². The van der Waals surface area contributed by atoms with Crippen LogP contribution < -0.4 is 0 Å². The predicted molar refractivity (Wildman–Crippen MR) is 73.1 cm³/mol. The molecule has 1 N–H and O–H groups in total. The first-order chi connectivity index (χ1) is 8.90. The standard InChI is InChI=1S/C16H22O3/c1-10(2)13-6-5-12(4)16(18)8-15(19-9-17)11(3)7-14(13)16/h7,9,12-15,18H,1,5-6H2,2-4H3/t12-,13+,14+,15-,16-/m1/s1. The monoisotopic (exact) mass is 262 g/mol. The maximum absolute atomic E-state index is 11.0. The van der Waals surface area contributed by atoms with Gasteiger partial charge in [0, 0.05) is 5.92 Å². The molecule has 0 unspecified atom stereocenters. The summed E-state index contributed by atoms with van der Waals surface area (Å²) in [5.74, 6) is 0.358.